The van der Waals surface area contributed by atoms with E-state index in [1.165, 1.54) is 0 Å². The monoisotopic (exact) mass is 256 g/mol. The zero-order chi connectivity index (χ0) is 13.8. The second-order valence-corrected chi connectivity index (χ2v) is 3.64. The van der Waals surface area contributed by atoms with Gasteiger partial charge in [0.2, 0.25) is 0 Å². The van der Waals surface area contributed by atoms with Crippen molar-refractivity contribution >= 4 is 12.6 Å². The van der Waals surface area contributed by atoms with Crippen LogP contribution in [0, 0.1) is 0 Å². The minimum atomic E-state index is 0.365. The Morgan fingerprint density at radius 3 is 1.37 bits per heavy atom. The Bertz CT molecular complexity index is 420. The average Bonchev–Trinajstić information content (AvgIpc) is 2.48. The molecule has 2 aromatic rings. The van der Waals surface area contributed by atoms with Crippen LogP contribution in [0.5, 0.6) is 11.5 Å². The molecule has 0 saturated heterocycles. The maximum Gasteiger partial charge on any atom is 0.127 e. The van der Waals surface area contributed by atoms with E-state index in [1.54, 1.807) is 0 Å². The Hall–Kier alpha value is -2.42. The predicted molar refractivity (Wildman–Crippen MR) is 74.3 cm³/mol. The van der Waals surface area contributed by atoms with Crippen LogP contribution >= 0.6 is 0 Å². The minimum absolute atomic E-state index is 0.365. The van der Waals surface area contributed by atoms with Crippen molar-refractivity contribution in [2.24, 2.45) is 0 Å². The molecule has 0 fully saturated rings. The van der Waals surface area contributed by atoms with Crippen LogP contribution in [0.3, 0.4) is 0 Å². The summed E-state index contributed by atoms with van der Waals surface area (Å²) in [7, 11) is 0. The van der Waals surface area contributed by atoms with Gasteiger partial charge in [0, 0.05) is 12.8 Å². The molecule has 0 spiro atoms. The van der Waals surface area contributed by atoms with E-state index in [0.717, 1.165) is 24.1 Å². The highest BCUT2D eigenvalue weighted by Crippen LogP contribution is 2.19. The summed E-state index contributed by atoms with van der Waals surface area (Å²) in [6.07, 6.45) is 2.19. The lowest BCUT2D eigenvalue weighted by atomic mass is 10.3. The molecule has 0 saturated carbocycles. The summed E-state index contributed by atoms with van der Waals surface area (Å²) >= 11 is 0. The summed E-state index contributed by atoms with van der Waals surface area (Å²) in [5.74, 6) is 1.74. The molecule has 0 amide bonds. The van der Waals surface area contributed by atoms with Crippen LogP contribution in [0.2, 0.25) is 0 Å². The molecule has 0 aliphatic heterocycles. The number of benzene rings is 2. The first-order chi connectivity index (χ1) is 9.36. The fraction of sp³-hybridized carbons (Fsp3) is 0.125. The third-order valence-electron chi connectivity index (χ3n) is 2.12. The minimum Gasteiger partial charge on any atom is -0.457 e. The molecule has 2 rings (SSSR count). The van der Waals surface area contributed by atoms with Crippen LogP contribution in [0.15, 0.2) is 60.7 Å². The molecule has 2 aromatic carbocycles. The number of aldehydes is 2. The quantitative estimate of drug-likeness (QED) is 0.606. The molecular formula is C16H16O3. The molecule has 0 unspecified atom stereocenters. The van der Waals surface area contributed by atoms with Gasteiger partial charge in [0.15, 0.2) is 0 Å². The fourth-order valence-corrected chi connectivity index (χ4v) is 1.25. The molecule has 3 nitrogen and oxygen atoms in total. The zero-order valence-corrected chi connectivity index (χ0v) is 10.6. The highest BCUT2D eigenvalue weighted by atomic mass is 16.5. The van der Waals surface area contributed by atoms with E-state index in [9.17, 15) is 9.59 Å². The van der Waals surface area contributed by atoms with Gasteiger partial charge in [-0.05, 0) is 24.3 Å². The predicted octanol–water partition coefficient (Wildman–Crippen LogP) is 3.64. The second-order valence-electron chi connectivity index (χ2n) is 3.64. The van der Waals surface area contributed by atoms with Crippen molar-refractivity contribution in [3.8, 4) is 11.5 Å². The zero-order valence-electron chi connectivity index (χ0n) is 10.6. The molecule has 0 aromatic heterocycles. The van der Waals surface area contributed by atoms with Crippen molar-refractivity contribution < 1.29 is 14.3 Å². The number of unbranched alkanes of at least 4 members (excludes halogenated alkanes) is 1. The molecule has 98 valence electrons. The molecule has 19 heavy (non-hydrogen) atoms. The van der Waals surface area contributed by atoms with E-state index >= 15 is 0 Å². The summed E-state index contributed by atoms with van der Waals surface area (Å²) in [5.41, 5.74) is 0. The molecule has 0 aliphatic rings. The first kappa shape index (κ1) is 14.6. The Morgan fingerprint density at radius 1 is 0.684 bits per heavy atom. The number of hydrogen-bond donors (Lipinski definition) is 0. The number of rotatable bonds is 5. The van der Waals surface area contributed by atoms with E-state index in [2.05, 4.69) is 0 Å². The van der Waals surface area contributed by atoms with E-state index in [1.807, 2.05) is 60.7 Å². The lowest BCUT2D eigenvalue weighted by Crippen LogP contribution is -1.81. The van der Waals surface area contributed by atoms with E-state index in [4.69, 9.17) is 4.74 Å². The van der Waals surface area contributed by atoms with E-state index in [0.29, 0.717) is 12.8 Å². The Kier molecular flexibility index (Phi) is 7.39. The Labute approximate surface area is 112 Å². The highest BCUT2D eigenvalue weighted by molar-refractivity contribution is 5.58. The molecule has 0 atom stereocenters. The summed E-state index contributed by atoms with van der Waals surface area (Å²) in [5, 5.41) is 0. The normalized spacial score (nSPS) is 8.84. The van der Waals surface area contributed by atoms with Crippen LogP contribution in [-0.2, 0) is 9.59 Å². The van der Waals surface area contributed by atoms with Gasteiger partial charge in [-0.1, -0.05) is 36.4 Å². The third-order valence-corrected chi connectivity index (χ3v) is 2.12. The molecule has 3 heteroatoms. The number of carbonyl (C=O) groups is 2. The maximum absolute atomic E-state index is 9.40. The molecule has 0 N–H and O–H groups in total. The van der Waals surface area contributed by atoms with Crippen LogP contribution in [0.4, 0.5) is 0 Å². The van der Waals surface area contributed by atoms with Gasteiger partial charge in [-0.15, -0.1) is 0 Å². The molecule has 0 radical (unpaired) electrons. The van der Waals surface area contributed by atoms with Crippen molar-refractivity contribution in [1.82, 2.24) is 0 Å². The molecule has 0 heterocycles. The van der Waals surface area contributed by atoms with E-state index < -0.39 is 0 Å². The van der Waals surface area contributed by atoms with Gasteiger partial charge in [-0.3, -0.25) is 0 Å². The third kappa shape index (κ3) is 6.78. The van der Waals surface area contributed by atoms with Crippen LogP contribution in [0.1, 0.15) is 12.8 Å². The number of hydrogen-bond acceptors (Lipinski definition) is 3. The standard InChI is InChI=1S/C12H10O.C4H6O2/c1-3-7-11(8-4-1)13-12-9-5-2-6-10-12;5-3-1-2-4-6/h1-10H;3-4H,1-2H2. The second kappa shape index (κ2) is 9.59. The van der Waals surface area contributed by atoms with Gasteiger partial charge in [0.05, 0.1) is 0 Å². The smallest absolute Gasteiger partial charge is 0.127 e. The van der Waals surface area contributed by atoms with E-state index in [-0.39, 0.29) is 0 Å². The Balaban J connectivity index is 0.000000258. The number of carbonyl (C=O) groups excluding carboxylic acids is 2. The van der Waals surface area contributed by atoms with Crippen molar-refractivity contribution in [3.05, 3.63) is 60.7 Å². The van der Waals surface area contributed by atoms with Crippen LogP contribution in [-0.4, -0.2) is 12.6 Å². The summed E-state index contributed by atoms with van der Waals surface area (Å²) in [6.45, 7) is 0. The summed E-state index contributed by atoms with van der Waals surface area (Å²) < 4.78 is 5.58. The SMILES string of the molecule is O=CCCC=O.c1ccc(Oc2ccccc2)cc1. The lowest BCUT2D eigenvalue weighted by Gasteiger charge is -2.03. The van der Waals surface area contributed by atoms with Gasteiger partial charge < -0.3 is 14.3 Å². The largest absolute Gasteiger partial charge is 0.457 e. The Morgan fingerprint density at radius 2 is 1.05 bits per heavy atom. The maximum atomic E-state index is 9.40. The van der Waals surface area contributed by atoms with Crippen LogP contribution < -0.4 is 4.74 Å². The number of ether oxygens (including phenoxy) is 1. The molecule has 0 bridgehead atoms. The van der Waals surface area contributed by atoms with Gasteiger partial charge in [-0.2, -0.15) is 0 Å². The molecule has 0 aliphatic carbocycles. The summed E-state index contributed by atoms with van der Waals surface area (Å²) in [4.78, 5) is 18.8. The van der Waals surface area contributed by atoms with Crippen molar-refractivity contribution in [2.75, 3.05) is 0 Å². The van der Waals surface area contributed by atoms with Crippen molar-refractivity contribution in [3.63, 3.8) is 0 Å². The number of para-hydroxylation sites is 2. The first-order valence-corrected chi connectivity index (χ1v) is 6.02. The van der Waals surface area contributed by atoms with Crippen LogP contribution in [0.25, 0.3) is 0 Å². The highest BCUT2D eigenvalue weighted by Gasteiger charge is 1.92. The molecular weight excluding hydrogens is 240 g/mol. The van der Waals surface area contributed by atoms with Crippen molar-refractivity contribution in [1.29, 1.82) is 0 Å². The summed E-state index contributed by atoms with van der Waals surface area (Å²) in [6, 6.07) is 19.5. The fourth-order valence-electron chi connectivity index (χ4n) is 1.25. The van der Waals surface area contributed by atoms with Gasteiger partial charge in [0.25, 0.3) is 0 Å². The topological polar surface area (TPSA) is 43.4 Å². The van der Waals surface area contributed by atoms with Gasteiger partial charge in [-0.25, -0.2) is 0 Å². The lowest BCUT2D eigenvalue weighted by molar-refractivity contribution is -0.112. The van der Waals surface area contributed by atoms with Gasteiger partial charge in [0.1, 0.15) is 24.1 Å². The van der Waals surface area contributed by atoms with Gasteiger partial charge >= 0.3 is 0 Å². The first-order valence-electron chi connectivity index (χ1n) is 6.02. The van der Waals surface area contributed by atoms with Crippen molar-refractivity contribution in [2.45, 2.75) is 12.8 Å². The average molecular weight is 256 g/mol.